The van der Waals surface area contributed by atoms with E-state index >= 15 is 0 Å². The van der Waals surface area contributed by atoms with Gasteiger partial charge in [-0.05, 0) is 25.7 Å². The van der Waals surface area contributed by atoms with E-state index < -0.39 is 5.97 Å². The number of allylic oxidation sites excluding steroid dienone is 1. The molecule has 0 aliphatic carbocycles. The second-order valence-corrected chi connectivity index (χ2v) is 7.05. The Bertz CT molecular complexity index is 334. The smallest absolute Gasteiger partial charge is 0.303 e. The van der Waals surface area contributed by atoms with Crippen molar-refractivity contribution in [3.8, 4) is 0 Å². The molecule has 0 heterocycles. The van der Waals surface area contributed by atoms with Gasteiger partial charge in [0.2, 0.25) is 0 Å². The Morgan fingerprint density at radius 2 is 1.54 bits per heavy atom. The first kappa shape index (κ1) is 23.1. The summed E-state index contributed by atoms with van der Waals surface area (Å²) in [4.78, 5) is 10.9. The summed E-state index contributed by atoms with van der Waals surface area (Å²) < 4.78 is 0.873. The zero-order valence-corrected chi connectivity index (χ0v) is 16.2. The van der Waals surface area contributed by atoms with Crippen LogP contribution in [0, 0.1) is 0 Å². The quantitative estimate of drug-likeness (QED) is 0.323. The van der Waals surface area contributed by atoms with Crippen LogP contribution in [0.4, 0.5) is 0 Å². The molecular weight excluding hydrogens is 302 g/mol. The topological polar surface area (TPSA) is 57.5 Å². The average Bonchev–Trinajstić information content (AvgIpc) is 2.54. The number of quaternary nitrogens is 1. The van der Waals surface area contributed by atoms with E-state index in [0.29, 0.717) is 12.8 Å². The fourth-order valence-corrected chi connectivity index (χ4v) is 3.22. The molecule has 24 heavy (non-hydrogen) atoms. The van der Waals surface area contributed by atoms with Gasteiger partial charge in [-0.15, -0.1) is 0 Å². The lowest BCUT2D eigenvalue weighted by Crippen LogP contribution is -2.54. The van der Waals surface area contributed by atoms with Crippen LogP contribution in [0.3, 0.4) is 0 Å². The van der Waals surface area contributed by atoms with Crippen molar-refractivity contribution in [3.05, 3.63) is 12.2 Å². The lowest BCUT2D eigenvalue weighted by Gasteiger charge is -2.40. The Morgan fingerprint density at radius 3 is 2.04 bits per heavy atom. The first-order valence-corrected chi connectivity index (χ1v) is 9.89. The van der Waals surface area contributed by atoms with Gasteiger partial charge >= 0.3 is 5.97 Å². The first-order chi connectivity index (χ1) is 11.5. The molecular formula is C20H40NO3+. The molecule has 4 nitrogen and oxygen atoms in total. The van der Waals surface area contributed by atoms with Gasteiger partial charge in [0.05, 0.1) is 26.1 Å². The zero-order chi connectivity index (χ0) is 18.3. The average molecular weight is 343 g/mol. The Labute approximate surface area is 149 Å². The Hall–Kier alpha value is -0.870. The molecule has 0 bridgehead atoms. The molecule has 0 saturated heterocycles. The van der Waals surface area contributed by atoms with E-state index in [9.17, 15) is 9.90 Å². The van der Waals surface area contributed by atoms with Gasteiger partial charge in [0.15, 0.2) is 0 Å². The number of aliphatic hydroxyl groups excluding tert-OH is 1. The summed E-state index contributed by atoms with van der Waals surface area (Å²) in [5.41, 5.74) is 0. The van der Waals surface area contributed by atoms with Gasteiger partial charge in [-0.3, -0.25) is 4.79 Å². The van der Waals surface area contributed by atoms with Crippen LogP contribution in [-0.2, 0) is 4.79 Å². The highest BCUT2D eigenvalue weighted by atomic mass is 16.4. The van der Waals surface area contributed by atoms with Crippen LogP contribution < -0.4 is 0 Å². The minimum Gasteiger partial charge on any atom is -0.481 e. The number of unbranched alkanes of at least 4 members (excludes halogenated alkanes) is 3. The first-order valence-electron chi connectivity index (χ1n) is 9.89. The summed E-state index contributed by atoms with van der Waals surface area (Å²) in [5, 5.41) is 19.5. The van der Waals surface area contributed by atoms with E-state index in [1.807, 2.05) is 0 Å². The largest absolute Gasteiger partial charge is 0.481 e. The van der Waals surface area contributed by atoms with Crippen LogP contribution in [0.5, 0.6) is 0 Å². The highest BCUT2D eigenvalue weighted by Gasteiger charge is 2.29. The second-order valence-electron chi connectivity index (χ2n) is 7.05. The van der Waals surface area contributed by atoms with E-state index in [1.54, 1.807) is 0 Å². The number of aliphatic carboxylic acids is 1. The third-order valence-electron chi connectivity index (χ3n) is 4.62. The maximum Gasteiger partial charge on any atom is 0.303 e. The molecule has 0 rings (SSSR count). The van der Waals surface area contributed by atoms with Crippen molar-refractivity contribution < 1.29 is 19.5 Å². The summed E-state index contributed by atoms with van der Waals surface area (Å²) in [5.74, 6) is -0.720. The molecule has 1 atom stereocenters. The van der Waals surface area contributed by atoms with Crippen LogP contribution >= 0.6 is 0 Å². The fraction of sp³-hybridized carbons (Fsp3) is 0.850. The van der Waals surface area contributed by atoms with Gasteiger partial charge in [0, 0.05) is 6.42 Å². The number of aliphatic hydroxyl groups is 1. The number of carboxylic acids is 1. The standard InChI is InChI=1S/C20H39NO3/c1-4-7-10-11-13-19(22)18-21(15-8-5-2,16-9-6-3)17-12-14-20(23)24/h10-11,19,22H,4-9,12-18H2,1-3H3/p+1/b11-10+. The molecule has 0 amide bonds. The summed E-state index contributed by atoms with van der Waals surface area (Å²) in [6.07, 6.45) is 12.3. The van der Waals surface area contributed by atoms with Crippen molar-refractivity contribution in [2.24, 2.45) is 0 Å². The van der Waals surface area contributed by atoms with Crippen LogP contribution in [0.25, 0.3) is 0 Å². The summed E-state index contributed by atoms with van der Waals surface area (Å²) in [7, 11) is 0. The van der Waals surface area contributed by atoms with Crippen LogP contribution in [0.15, 0.2) is 12.2 Å². The van der Waals surface area contributed by atoms with E-state index in [-0.39, 0.29) is 12.5 Å². The van der Waals surface area contributed by atoms with Crippen molar-refractivity contribution >= 4 is 5.97 Å². The van der Waals surface area contributed by atoms with Gasteiger partial charge in [0.25, 0.3) is 0 Å². The molecule has 0 fully saturated rings. The van der Waals surface area contributed by atoms with Gasteiger partial charge < -0.3 is 14.7 Å². The molecule has 0 aromatic heterocycles. The summed E-state index contributed by atoms with van der Waals surface area (Å²) in [6, 6.07) is 0. The molecule has 0 aliphatic rings. The Kier molecular flexibility index (Phi) is 13.9. The number of hydrogen-bond donors (Lipinski definition) is 2. The van der Waals surface area contributed by atoms with Crippen LogP contribution in [0.1, 0.15) is 78.6 Å². The van der Waals surface area contributed by atoms with Gasteiger partial charge in [-0.25, -0.2) is 0 Å². The third-order valence-corrected chi connectivity index (χ3v) is 4.62. The number of carbonyl (C=O) groups is 1. The van der Waals surface area contributed by atoms with Crippen molar-refractivity contribution in [1.82, 2.24) is 0 Å². The highest BCUT2D eigenvalue weighted by Crippen LogP contribution is 2.17. The SMILES string of the molecule is CCC/C=C/CC(O)C[N+](CCCC)(CCCC)CCCC(=O)O. The monoisotopic (exact) mass is 342 g/mol. The molecule has 0 spiro atoms. The number of hydrogen-bond acceptors (Lipinski definition) is 2. The Balaban J connectivity index is 4.82. The van der Waals surface area contributed by atoms with Gasteiger partial charge in [-0.1, -0.05) is 52.2 Å². The van der Waals surface area contributed by atoms with E-state index in [0.717, 1.165) is 69.2 Å². The van der Waals surface area contributed by atoms with E-state index in [1.165, 1.54) is 0 Å². The van der Waals surface area contributed by atoms with Crippen LogP contribution in [0.2, 0.25) is 0 Å². The minimum atomic E-state index is -0.720. The predicted octanol–water partition coefficient (Wildman–Crippen LogP) is 4.38. The van der Waals surface area contributed by atoms with Gasteiger partial charge in [0.1, 0.15) is 12.6 Å². The molecule has 142 valence electrons. The van der Waals surface area contributed by atoms with Crippen molar-refractivity contribution in [3.63, 3.8) is 0 Å². The molecule has 1 unspecified atom stereocenters. The molecule has 0 aliphatic heterocycles. The molecule has 2 N–H and O–H groups in total. The normalized spacial score (nSPS) is 13.5. The van der Waals surface area contributed by atoms with Gasteiger partial charge in [-0.2, -0.15) is 0 Å². The molecule has 0 aromatic carbocycles. The molecule has 0 aromatic rings. The maximum absolute atomic E-state index is 10.9. The fourth-order valence-electron chi connectivity index (χ4n) is 3.22. The highest BCUT2D eigenvalue weighted by molar-refractivity contribution is 5.66. The minimum absolute atomic E-state index is 0.227. The van der Waals surface area contributed by atoms with Crippen molar-refractivity contribution in [1.29, 1.82) is 0 Å². The third kappa shape index (κ3) is 11.6. The number of nitrogens with zero attached hydrogens (tertiary/aromatic N) is 1. The summed E-state index contributed by atoms with van der Waals surface area (Å²) in [6.45, 7) is 10.2. The predicted molar refractivity (Wildman–Crippen MR) is 101 cm³/mol. The molecule has 4 heteroatoms. The van der Waals surface area contributed by atoms with E-state index in [2.05, 4.69) is 32.9 Å². The van der Waals surface area contributed by atoms with E-state index in [4.69, 9.17) is 5.11 Å². The van der Waals surface area contributed by atoms with Crippen LogP contribution in [-0.4, -0.2) is 52.9 Å². The molecule has 0 saturated carbocycles. The van der Waals surface area contributed by atoms with Crippen molar-refractivity contribution in [2.75, 3.05) is 26.2 Å². The number of rotatable bonds is 16. The number of carboxylic acid groups (broad SMARTS) is 1. The lowest BCUT2D eigenvalue weighted by atomic mass is 10.1. The second kappa shape index (κ2) is 14.5. The maximum atomic E-state index is 10.9. The molecule has 0 radical (unpaired) electrons. The van der Waals surface area contributed by atoms with Crippen molar-refractivity contribution in [2.45, 2.75) is 84.7 Å². The Morgan fingerprint density at radius 1 is 0.958 bits per heavy atom. The summed E-state index contributed by atoms with van der Waals surface area (Å²) >= 11 is 0. The zero-order valence-electron chi connectivity index (χ0n) is 16.2. The lowest BCUT2D eigenvalue weighted by molar-refractivity contribution is -0.931.